The summed E-state index contributed by atoms with van der Waals surface area (Å²) in [5, 5.41) is 6.40. The predicted octanol–water partition coefficient (Wildman–Crippen LogP) is 4.49. The van der Waals surface area contributed by atoms with Crippen molar-refractivity contribution >= 4 is 35.5 Å². The fourth-order valence-corrected chi connectivity index (χ4v) is 3.78. The number of methoxy groups -OCH3 is 1. The zero-order valence-corrected chi connectivity index (χ0v) is 18.8. The summed E-state index contributed by atoms with van der Waals surface area (Å²) in [6.45, 7) is 2.88. The van der Waals surface area contributed by atoms with Gasteiger partial charge in [0.25, 0.3) is 5.91 Å². The van der Waals surface area contributed by atoms with Gasteiger partial charge in [0.1, 0.15) is 11.6 Å². The molecule has 1 aliphatic rings. The summed E-state index contributed by atoms with van der Waals surface area (Å²) in [5.41, 5.74) is 2.48. The second kappa shape index (κ2) is 11.3. The Morgan fingerprint density at radius 1 is 1.06 bits per heavy atom. The molecule has 0 atom stereocenters. The van der Waals surface area contributed by atoms with E-state index in [0.717, 1.165) is 38.2 Å². The summed E-state index contributed by atoms with van der Waals surface area (Å²) in [7, 11) is 1.60. The molecule has 1 amide bonds. The Bertz CT molecular complexity index is 993. The highest BCUT2D eigenvalue weighted by Gasteiger charge is 2.20. The number of carbonyl (C=O) groups is 1. The van der Waals surface area contributed by atoms with Crippen molar-refractivity contribution in [3.05, 3.63) is 72.7 Å². The van der Waals surface area contributed by atoms with Gasteiger partial charge in [-0.15, -0.1) is 12.4 Å². The number of pyridine rings is 2. The number of rotatable bonds is 7. The Labute approximate surface area is 194 Å². The van der Waals surface area contributed by atoms with Gasteiger partial charge >= 0.3 is 0 Å². The number of anilines is 3. The number of hydrogen-bond donors (Lipinski definition) is 2. The van der Waals surface area contributed by atoms with Crippen LogP contribution in [0.15, 0.2) is 67.1 Å². The molecule has 32 heavy (non-hydrogen) atoms. The minimum absolute atomic E-state index is 0. The summed E-state index contributed by atoms with van der Waals surface area (Å²) >= 11 is 0. The normalized spacial score (nSPS) is 13.7. The number of amides is 1. The van der Waals surface area contributed by atoms with E-state index < -0.39 is 0 Å². The van der Waals surface area contributed by atoms with Crippen LogP contribution in [-0.2, 0) is 0 Å². The van der Waals surface area contributed by atoms with E-state index in [4.69, 9.17) is 4.74 Å². The molecule has 2 aromatic heterocycles. The first-order valence-electron chi connectivity index (χ1n) is 10.5. The maximum absolute atomic E-state index is 12.6. The number of benzene rings is 1. The molecule has 0 unspecified atom stereocenters. The summed E-state index contributed by atoms with van der Waals surface area (Å²) in [6, 6.07) is 14.8. The van der Waals surface area contributed by atoms with Crippen LogP contribution in [0.1, 0.15) is 23.2 Å². The second-order valence-corrected chi connectivity index (χ2v) is 7.60. The van der Waals surface area contributed by atoms with Crippen LogP contribution in [0.25, 0.3) is 0 Å². The Morgan fingerprint density at radius 3 is 2.47 bits per heavy atom. The van der Waals surface area contributed by atoms with Gasteiger partial charge < -0.3 is 20.3 Å². The molecule has 168 valence electrons. The molecule has 1 aliphatic heterocycles. The Kier molecular flexibility index (Phi) is 8.27. The van der Waals surface area contributed by atoms with Crippen LogP contribution in [-0.4, -0.2) is 42.6 Å². The summed E-state index contributed by atoms with van der Waals surface area (Å²) in [4.78, 5) is 23.6. The van der Waals surface area contributed by atoms with Gasteiger partial charge in [-0.3, -0.25) is 9.78 Å². The molecule has 1 saturated heterocycles. The third-order valence-electron chi connectivity index (χ3n) is 5.61. The van der Waals surface area contributed by atoms with E-state index in [-0.39, 0.29) is 18.3 Å². The molecule has 0 saturated carbocycles. The molecule has 7 nitrogen and oxygen atoms in total. The maximum Gasteiger partial charge on any atom is 0.255 e. The van der Waals surface area contributed by atoms with Crippen molar-refractivity contribution in [3.8, 4) is 5.75 Å². The molecule has 1 fully saturated rings. The number of aromatic nitrogens is 2. The zero-order valence-electron chi connectivity index (χ0n) is 18.0. The lowest BCUT2D eigenvalue weighted by Crippen LogP contribution is -2.35. The quantitative estimate of drug-likeness (QED) is 0.548. The molecule has 8 heteroatoms. The second-order valence-electron chi connectivity index (χ2n) is 7.60. The minimum atomic E-state index is -0.177. The molecular formula is C24H28ClN5O2. The van der Waals surface area contributed by atoms with Crippen molar-refractivity contribution in [1.82, 2.24) is 9.97 Å². The van der Waals surface area contributed by atoms with Gasteiger partial charge in [-0.1, -0.05) is 0 Å². The molecule has 3 aromatic rings. The lowest BCUT2D eigenvalue weighted by atomic mass is 9.96. The summed E-state index contributed by atoms with van der Waals surface area (Å²) < 4.78 is 5.15. The maximum atomic E-state index is 12.6. The number of nitrogens with zero attached hydrogens (tertiary/aromatic N) is 3. The predicted molar refractivity (Wildman–Crippen MR) is 130 cm³/mol. The van der Waals surface area contributed by atoms with Crippen LogP contribution in [0.4, 0.5) is 17.2 Å². The number of piperidine rings is 1. The largest absolute Gasteiger partial charge is 0.497 e. The zero-order chi connectivity index (χ0) is 21.5. The van der Waals surface area contributed by atoms with Gasteiger partial charge in [-0.25, -0.2) is 4.98 Å². The highest BCUT2D eigenvalue weighted by atomic mass is 35.5. The van der Waals surface area contributed by atoms with E-state index in [1.54, 1.807) is 37.6 Å². The molecule has 0 radical (unpaired) electrons. The SMILES string of the molecule is COc1ccc(C(=O)Nc2cccnc2NCC2CCN(c3ccncc3)CC2)cc1.Cl. The van der Waals surface area contributed by atoms with Crippen molar-refractivity contribution in [3.63, 3.8) is 0 Å². The van der Waals surface area contributed by atoms with E-state index in [1.807, 2.05) is 24.5 Å². The Hall–Kier alpha value is -3.32. The summed E-state index contributed by atoms with van der Waals surface area (Å²) in [5.74, 6) is 1.80. The van der Waals surface area contributed by atoms with Gasteiger partial charge in [0.15, 0.2) is 0 Å². The highest BCUT2D eigenvalue weighted by Crippen LogP contribution is 2.25. The molecule has 3 heterocycles. The van der Waals surface area contributed by atoms with Crippen LogP contribution in [0.5, 0.6) is 5.75 Å². The van der Waals surface area contributed by atoms with Crippen LogP contribution in [0, 0.1) is 5.92 Å². The Morgan fingerprint density at radius 2 is 1.78 bits per heavy atom. The molecule has 0 bridgehead atoms. The van der Waals surface area contributed by atoms with E-state index in [0.29, 0.717) is 23.0 Å². The topological polar surface area (TPSA) is 79.4 Å². The number of halogens is 1. The smallest absolute Gasteiger partial charge is 0.255 e. The van der Waals surface area contributed by atoms with E-state index >= 15 is 0 Å². The van der Waals surface area contributed by atoms with E-state index in [1.165, 1.54) is 5.69 Å². The van der Waals surface area contributed by atoms with Gasteiger partial charge in [0.2, 0.25) is 0 Å². The summed E-state index contributed by atoms with van der Waals surface area (Å²) in [6.07, 6.45) is 7.63. The van der Waals surface area contributed by atoms with Crippen molar-refractivity contribution in [2.75, 3.05) is 42.3 Å². The van der Waals surface area contributed by atoms with Crippen molar-refractivity contribution in [2.45, 2.75) is 12.8 Å². The van der Waals surface area contributed by atoms with Crippen molar-refractivity contribution in [1.29, 1.82) is 0 Å². The first-order valence-corrected chi connectivity index (χ1v) is 10.5. The van der Waals surface area contributed by atoms with Crippen molar-refractivity contribution in [2.24, 2.45) is 5.92 Å². The van der Waals surface area contributed by atoms with Gasteiger partial charge in [0.05, 0.1) is 12.8 Å². The third kappa shape index (κ3) is 5.88. The van der Waals surface area contributed by atoms with E-state index in [9.17, 15) is 4.79 Å². The van der Waals surface area contributed by atoms with E-state index in [2.05, 4.69) is 37.6 Å². The first kappa shape index (κ1) is 23.3. The van der Waals surface area contributed by atoms with Crippen LogP contribution >= 0.6 is 12.4 Å². The number of ether oxygens (including phenoxy) is 1. The molecular weight excluding hydrogens is 426 g/mol. The number of nitrogens with one attached hydrogen (secondary N) is 2. The molecule has 0 spiro atoms. The van der Waals surface area contributed by atoms with Gasteiger partial charge in [0, 0.05) is 49.5 Å². The van der Waals surface area contributed by atoms with Crippen LogP contribution in [0.3, 0.4) is 0 Å². The molecule has 0 aliphatic carbocycles. The Balaban J connectivity index is 0.00000289. The van der Waals surface area contributed by atoms with Gasteiger partial charge in [-0.2, -0.15) is 0 Å². The van der Waals surface area contributed by atoms with Gasteiger partial charge in [-0.05, 0) is 67.3 Å². The molecule has 1 aromatic carbocycles. The monoisotopic (exact) mass is 453 g/mol. The highest BCUT2D eigenvalue weighted by molar-refractivity contribution is 6.05. The minimum Gasteiger partial charge on any atom is -0.497 e. The lowest BCUT2D eigenvalue weighted by Gasteiger charge is -2.33. The molecule has 4 rings (SSSR count). The average molecular weight is 454 g/mol. The number of hydrogen-bond acceptors (Lipinski definition) is 6. The van der Waals surface area contributed by atoms with Crippen LogP contribution < -0.4 is 20.3 Å². The number of carbonyl (C=O) groups excluding carboxylic acids is 1. The fraction of sp³-hybridized carbons (Fsp3) is 0.292. The standard InChI is InChI=1S/C24H27N5O2.ClH/c1-31-21-6-4-19(5-7-21)24(30)28-22-3-2-12-26-23(22)27-17-18-10-15-29(16-11-18)20-8-13-25-14-9-20;/h2-9,12-14,18H,10-11,15-17H2,1H3,(H,26,27)(H,28,30);1H. The first-order chi connectivity index (χ1) is 15.2. The van der Waals surface area contributed by atoms with Crippen LogP contribution in [0.2, 0.25) is 0 Å². The average Bonchev–Trinajstić information content (AvgIpc) is 2.84. The molecule has 2 N–H and O–H groups in total. The lowest BCUT2D eigenvalue weighted by molar-refractivity contribution is 0.102. The fourth-order valence-electron chi connectivity index (χ4n) is 3.78. The third-order valence-corrected chi connectivity index (χ3v) is 5.61. The van der Waals surface area contributed by atoms with Crippen molar-refractivity contribution < 1.29 is 9.53 Å².